The van der Waals surface area contributed by atoms with Gasteiger partial charge in [-0.15, -0.1) is 0 Å². The van der Waals surface area contributed by atoms with Crippen LogP contribution in [0.1, 0.15) is 37.8 Å². The fourth-order valence-corrected chi connectivity index (χ4v) is 18.4. The normalized spacial score (nSPS) is 45.5. The van der Waals surface area contributed by atoms with Gasteiger partial charge < -0.3 is 30.6 Å². The number of aliphatic hydroxyl groups is 2. The molecule has 48 heavy (non-hydrogen) atoms. The summed E-state index contributed by atoms with van der Waals surface area (Å²) in [6.45, 7) is 3.74. The van der Waals surface area contributed by atoms with Crippen LogP contribution in [0.4, 0.5) is 11.4 Å². The Labute approximate surface area is 291 Å². The van der Waals surface area contributed by atoms with Gasteiger partial charge in [-0.25, -0.2) is 0 Å². The largest absolute Gasteiger partial charge is 0.388 e. The zero-order chi connectivity index (χ0) is 33.6. The van der Waals surface area contributed by atoms with Crippen LogP contribution >= 0.6 is 43.2 Å². The van der Waals surface area contributed by atoms with Crippen LogP contribution in [0.3, 0.4) is 0 Å². The average Bonchev–Trinajstić information content (AvgIpc) is 3.75. The maximum absolute atomic E-state index is 14.9. The Kier molecular flexibility index (Phi) is 5.48. The van der Waals surface area contributed by atoms with E-state index in [9.17, 15) is 29.4 Å². The molecule has 10 atom stereocenters. The maximum atomic E-state index is 14.9. The Bertz CT molecular complexity index is 1800. The number of piperazine rings is 2. The van der Waals surface area contributed by atoms with Gasteiger partial charge in [0.05, 0.1) is 10.8 Å². The topological polar surface area (TPSA) is 146 Å². The second-order valence-corrected chi connectivity index (χ2v) is 19.1. The molecule has 0 radical (unpaired) electrons. The van der Waals surface area contributed by atoms with Gasteiger partial charge in [-0.05, 0) is 57.7 Å². The Morgan fingerprint density at radius 2 is 1.00 bits per heavy atom. The molecule has 10 aliphatic rings. The van der Waals surface area contributed by atoms with Crippen LogP contribution in [0.2, 0.25) is 0 Å². The first-order valence-electron chi connectivity index (χ1n) is 16.0. The number of nitrogens with one attached hydrogen (secondary N) is 2. The molecular formula is C32H32N6O6S4. The van der Waals surface area contributed by atoms with Gasteiger partial charge in [-0.3, -0.25) is 29.0 Å². The number of carbonyl (C=O) groups excluding carboxylic acids is 4. The molecule has 16 heteroatoms. The number of nitrogens with zero attached hydrogens (tertiary/aromatic N) is 4. The molecule has 4 amide bonds. The lowest BCUT2D eigenvalue weighted by Crippen LogP contribution is -2.78. The summed E-state index contributed by atoms with van der Waals surface area (Å²) in [6.07, 6.45) is -4.51. The van der Waals surface area contributed by atoms with Crippen LogP contribution in [0.25, 0.3) is 0 Å². The van der Waals surface area contributed by atoms with Crippen LogP contribution < -0.4 is 10.6 Å². The third-order valence-corrected chi connectivity index (χ3v) is 20.3. The zero-order valence-corrected chi connectivity index (χ0v) is 29.6. The molecule has 10 aliphatic heterocycles. The van der Waals surface area contributed by atoms with E-state index in [1.807, 2.05) is 62.4 Å². The number of rotatable bonds is 3. The summed E-state index contributed by atoms with van der Waals surface area (Å²) in [6, 6.07) is 14.9. The Morgan fingerprint density at radius 1 is 0.625 bits per heavy atom. The van der Waals surface area contributed by atoms with Crippen molar-refractivity contribution in [2.45, 2.75) is 81.5 Å². The van der Waals surface area contributed by atoms with E-state index in [1.54, 1.807) is 23.9 Å². The van der Waals surface area contributed by atoms with Crippen molar-refractivity contribution >= 4 is 78.2 Å². The first-order valence-corrected chi connectivity index (χ1v) is 20.3. The smallest absolute Gasteiger partial charge is 0.264 e. The molecular weight excluding hydrogens is 693 g/mol. The summed E-state index contributed by atoms with van der Waals surface area (Å²) in [7, 11) is 8.20. The van der Waals surface area contributed by atoms with Gasteiger partial charge in [0.1, 0.15) is 24.5 Å². The minimum absolute atomic E-state index is 0.305. The van der Waals surface area contributed by atoms with Crippen LogP contribution in [0.5, 0.6) is 0 Å². The fraction of sp³-hybridized carbons (Fsp3) is 0.500. The molecule has 10 heterocycles. The summed E-state index contributed by atoms with van der Waals surface area (Å²) in [5, 5.41) is 33.9. The lowest BCUT2D eigenvalue weighted by Gasteiger charge is -2.59. The molecule has 0 saturated carbocycles. The summed E-state index contributed by atoms with van der Waals surface area (Å²) in [5.74, 6) is -1.40. The number of anilines is 2. The average molecular weight is 725 g/mol. The van der Waals surface area contributed by atoms with E-state index in [1.165, 1.54) is 53.0 Å². The molecule has 2 spiro atoms. The predicted octanol–water partition coefficient (Wildman–Crippen LogP) is 2.11. The van der Waals surface area contributed by atoms with Gasteiger partial charge in [-0.1, -0.05) is 71.8 Å². The summed E-state index contributed by atoms with van der Waals surface area (Å²) in [5.41, 5.74) is -0.748. The molecule has 2 aromatic carbocycles. The number of para-hydroxylation sites is 2. The van der Waals surface area contributed by atoms with E-state index in [-0.39, 0.29) is 11.8 Å². The van der Waals surface area contributed by atoms with Gasteiger partial charge in [0.15, 0.2) is 9.74 Å². The van der Waals surface area contributed by atoms with Crippen molar-refractivity contribution in [3.63, 3.8) is 0 Å². The molecule has 12 nitrogen and oxygen atoms in total. The summed E-state index contributed by atoms with van der Waals surface area (Å²) in [4.78, 5) is 59.4. The molecule has 0 unspecified atom stereocenters. The SMILES string of the molecule is CC[C@@]12SS[C@@]3(C(=O)N1C)[C@@H](O)[C@]1([C@@]45c6ccccc6N[C@@H]4N4C(=O)[C@]6(CC)SS[C@@]4(C(=O)N6C)[C@H]5O)c4ccccc4N[C@@H]1N3C2=O. The molecule has 4 bridgehead atoms. The highest BCUT2D eigenvalue weighted by molar-refractivity contribution is 8.78. The van der Waals surface area contributed by atoms with Crippen LogP contribution in [-0.4, -0.2) is 112 Å². The lowest BCUT2D eigenvalue weighted by atomic mass is 9.52. The minimum Gasteiger partial charge on any atom is -0.388 e. The van der Waals surface area contributed by atoms with Crippen LogP contribution in [0, 0.1) is 0 Å². The highest BCUT2D eigenvalue weighted by Gasteiger charge is 2.93. The minimum atomic E-state index is -1.76. The molecule has 0 aromatic heterocycles. The third kappa shape index (κ3) is 2.48. The van der Waals surface area contributed by atoms with Gasteiger partial charge in [0.25, 0.3) is 23.6 Å². The third-order valence-electron chi connectivity index (χ3n) is 12.7. The van der Waals surface area contributed by atoms with Crippen molar-refractivity contribution < 1.29 is 29.4 Å². The molecule has 2 aromatic rings. The molecule has 8 saturated heterocycles. The van der Waals surface area contributed by atoms with Crippen molar-refractivity contribution in [3.05, 3.63) is 59.7 Å². The summed E-state index contributed by atoms with van der Waals surface area (Å²) >= 11 is 0. The monoisotopic (exact) mass is 724 g/mol. The second-order valence-electron chi connectivity index (χ2n) is 13.8. The van der Waals surface area contributed by atoms with Crippen molar-refractivity contribution in [2.75, 3.05) is 24.7 Å². The number of benzene rings is 2. The number of fused-ring (bicyclic) bond motifs is 11. The zero-order valence-electron chi connectivity index (χ0n) is 26.3. The maximum Gasteiger partial charge on any atom is 0.264 e. The summed E-state index contributed by atoms with van der Waals surface area (Å²) < 4.78 is 0. The number of carbonyl (C=O) groups is 4. The number of likely N-dealkylation sites (N-methyl/N-ethyl adjacent to an activating group) is 2. The van der Waals surface area contributed by atoms with E-state index in [0.29, 0.717) is 35.3 Å². The van der Waals surface area contributed by atoms with Gasteiger partial charge >= 0.3 is 0 Å². The van der Waals surface area contributed by atoms with Crippen LogP contribution in [-0.2, 0) is 30.0 Å². The lowest BCUT2D eigenvalue weighted by molar-refractivity contribution is -0.167. The van der Waals surface area contributed by atoms with Crippen molar-refractivity contribution in [2.24, 2.45) is 0 Å². The van der Waals surface area contributed by atoms with Crippen molar-refractivity contribution in [1.29, 1.82) is 0 Å². The van der Waals surface area contributed by atoms with Gasteiger partial charge in [0.2, 0.25) is 9.74 Å². The van der Waals surface area contributed by atoms with Crippen molar-refractivity contribution in [1.82, 2.24) is 19.6 Å². The Morgan fingerprint density at radius 3 is 1.38 bits per heavy atom. The number of amides is 4. The van der Waals surface area contributed by atoms with Gasteiger partial charge in [-0.2, -0.15) is 0 Å². The van der Waals surface area contributed by atoms with E-state index in [2.05, 4.69) is 10.6 Å². The Hall–Kier alpha value is -2.76. The molecule has 0 aliphatic carbocycles. The highest BCUT2D eigenvalue weighted by atomic mass is 33.1. The first kappa shape index (κ1) is 30.1. The number of hydrogen-bond acceptors (Lipinski definition) is 12. The van der Waals surface area contributed by atoms with Crippen LogP contribution in [0.15, 0.2) is 48.5 Å². The fourth-order valence-electron chi connectivity index (χ4n) is 10.5. The molecule has 250 valence electrons. The first-order chi connectivity index (χ1) is 23.0. The van der Waals surface area contributed by atoms with E-state index >= 15 is 0 Å². The van der Waals surface area contributed by atoms with Gasteiger partial charge in [0, 0.05) is 25.5 Å². The molecule has 8 fully saturated rings. The van der Waals surface area contributed by atoms with E-state index < -0.39 is 66.7 Å². The highest BCUT2D eigenvalue weighted by Crippen LogP contribution is 2.78. The number of aliphatic hydroxyl groups excluding tert-OH is 2. The molecule has 12 rings (SSSR count). The van der Waals surface area contributed by atoms with E-state index in [4.69, 9.17) is 0 Å². The predicted molar refractivity (Wildman–Crippen MR) is 184 cm³/mol. The second kappa shape index (κ2) is 8.75. The van der Waals surface area contributed by atoms with E-state index in [0.717, 1.165) is 0 Å². The number of hydrogen-bond donors (Lipinski definition) is 4. The molecule has 4 N–H and O–H groups in total. The quantitative estimate of drug-likeness (QED) is 0.344. The standard InChI is InChI=1S/C32H32N6O6S4/c1-5-27-23(41)37-21-29(15-11-7-9-13-17(15)33-21,19(39)31(37,47-45-27)25(43)35(27)3)30-16-12-8-10-14-18(16)34-22(30)38-24(42)28(6-2)36(4)26(44)32(38,20(30)40)48-46-28/h7-14,19-22,33-34,39-40H,5-6H2,1-4H3/t19-,20-,21+,22+,27-,28-,29+,30+,31+,32+/m0/s1. The Balaban J connectivity index is 1.34. The van der Waals surface area contributed by atoms with Crippen molar-refractivity contribution in [3.8, 4) is 0 Å².